The van der Waals surface area contributed by atoms with Crippen molar-refractivity contribution in [3.05, 3.63) is 0 Å². The fraction of sp³-hybridized carbons (Fsp3) is 0.968. The van der Waals surface area contributed by atoms with Gasteiger partial charge in [-0.3, -0.25) is 25.2 Å². The van der Waals surface area contributed by atoms with Gasteiger partial charge in [0.2, 0.25) is 5.91 Å². The van der Waals surface area contributed by atoms with Crippen LogP contribution in [0.1, 0.15) is 64.2 Å². The van der Waals surface area contributed by atoms with Crippen molar-refractivity contribution >= 4 is 17.5 Å². The van der Waals surface area contributed by atoms with Crippen LogP contribution in [0.25, 0.3) is 0 Å². The molecule has 4 heterocycles. The van der Waals surface area contributed by atoms with Crippen molar-refractivity contribution in [2.24, 2.45) is 11.8 Å². The van der Waals surface area contributed by atoms with Crippen LogP contribution in [0.2, 0.25) is 0 Å². The molecule has 6 N–H and O–H groups in total. The van der Waals surface area contributed by atoms with Crippen molar-refractivity contribution in [3.8, 4) is 0 Å². The zero-order valence-electron chi connectivity index (χ0n) is 26.0. The number of aliphatic hydroxyl groups is 4. The molecule has 13 heteroatoms. The summed E-state index contributed by atoms with van der Waals surface area (Å²) in [5, 5.41) is 46.1. The van der Waals surface area contributed by atoms with Gasteiger partial charge in [0.25, 0.3) is 0 Å². The van der Waals surface area contributed by atoms with Gasteiger partial charge in [0.05, 0.1) is 24.2 Å². The number of alkyl halides is 2. The molecule has 4 saturated heterocycles. The van der Waals surface area contributed by atoms with E-state index in [2.05, 4.69) is 20.4 Å². The van der Waals surface area contributed by atoms with Gasteiger partial charge in [-0.25, -0.2) is 4.39 Å². The van der Waals surface area contributed by atoms with Gasteiger partial charge < -0.3 is 30.1 Å². The number of carbonyl (C=O) groups is 1. The molecule has 11 nitrogen and oxygen atoms in total. The number of halogens is 2. The average molecular weight is 648 g/mol. The van der Waals surface area contributed by atoms with Crippen LogP contribution in [-0.2, 0) is 9.53 Å². The fourth-order valence-corrected chi connectivity index (χ4v) is 8.16. The van der Waals surface area contributed by atoms with Gasteiger partial charge in [-0.05, 0) is 63.2 Å². The van der Waals surface area contributed by atoms with Gasteiger partial charge in [0, 0.05) is 77.3 Å². The highest BCUT2D eigenvalue weighted by molar-refractivity contribution is 6.21. The number of amides is 1. The van der Waals surface area contributed by atoms with E-state index in [-0.39, 0.29) is 48.1 Å². The Hall–Kier alpha value is -0.670. The molecule has 4 aliphatic heterocycles. The smallest absolute Gasteiger partial charge is 0.223 e. The maximum absolute atomic E-state index is 15.2. The molecule has 0 aromatic carbocycles. The summed E-state index contributed by atoms with van der Waals surface area (Å²) in [6.07, 6.45) is 3.31. The lowest BCUT2D eigenvalue weighted by atomic mass is 9.82. The van der Waals surface area contributed by atoms with Crippen LogP contribution in [0.4, 0.5) is 4.39 Å². The lowest BCUT2D eigenvalue weighted by molar-refractivity contribution is -0.135. The molecule has 1 saturated carbocycles. The molecule has 1 aliphatic carbocycles. The number of nitrogens with one attached hydrogen (secondary N) is 2. The molecule has 254 valence electrons. The zero-order chi connectivity index (χ0) is 31.3. The van der Waals surface area contributed by atoms with Crippen LogP contribution >= 0.6 is 11.6 Å². The van der Waals surface area contributed by atoms with E-state index in [0.717, 1.165) is 64.8 Å². The summed E-state index contributed by atoms with van der Waals surface area (Å²) in [4.78, 5) is 19.5. The second-order valence-electron chi connectivity index (χ2n) is 14.0. The highest BCUT2D eigenvalue weighted by atomic mass is 35.5. The predicted molar refractivity (Wildman–Crippen MR) is 165 cm³/mol. The van der Waals surface area contributed by atoms with Crippen LogP contribution in [0, 0.1) is 11.8 Å². The first-order valence-electron chi connectivity index (χ1n) is 17.0. The molecule has 7 atom stereocenters. The minimum absolute atomic E-state index is 0.0126. The van der Waals surface area contributed by atoms with Gasteiger partial charge in [0.1, 0.15) is 24.7 Å². The number of rotatable bonds is 13. The number of hydrogen-bond donors (Lipinski definition) is 6. The monoisotopic (exact) mass is 647 g/mol. The molecular formula is C31H55ClFN5O6. The lowest BCUT2D eigenvalue weighted by Gasteiger charge is -2.51. The maximum Gasteiger partial charge on any atom is 0.223 e. The largest absolute Gasteiger partial charge is 0.394 e. The van der Waals surface area contributed by atoms with E-state index in [4.69, 9.17) is 21.4 Å². The van der Waals surface area contributed by atoms with Crippen molar-refractivity contribution < 1.29 is 34.3 Å². The number of nitrogens with zero attached hydrogens (tertiary/aromatic N) is 3. The van der Waals surface area contributed by atoms with Gasteiger partial charge in [0.15, 0.2) is 0 Å². The van der Waals surface area contributed by atoms with Crippen molar-refractivity contribution in [2.75, 3.05) is 65.6 Å². The van der Waals surface area contributed by atoms with Gasteiger partial charge in [-0.1, -0.05) is 0 Å². The van der Waals surface area contributed by atoms with Crippen LogP contribution < -0.4 is 10.6 Å². The van der Waals surface area contributed by atoms with E-state index < -0.39 is 31.1 Å². The molecular weight excluding hydrogens is 593 g/mol. The second kappa shape index (κ2) is 16.0. The summed E-state index contributed by atoms with van der Waals surface area (Å²) in [7, 11) is 0. The summed E-state index contributed by atoms with van der Waals surface area (Å²) in [6.45, 7) is 5.93. The lowest BCUT2D eigenvalue weighted by Crippen LogP contribution is -2.64. The number of β-amino-alcohol motifs (C(OH)–C–C–N with tert-alkyl or cyclic N) is 1. The SMILES string of the molecule is O=C(CC1CCC(OCCCC2CCN(C3NCC(Cl)CN3)CC2)CC1F)N1CCC2(CCN2C[C@H](O)[C@H](O)[C@H](O)CO)C1. The third-order valence-corrected chi connectivity index (χ3v) is 11.4. The Kier molecular flexibility index (Phi) is 12.6. The van der Waals surface area contributed by atoms with E-state index >= 15 is 4.39 Å². The Balaban J connectivity index is 0.945. The van der Waals surface area contributed by atoms with Crippen LogP contribution in [0.3, 0.4) is 0 Å². The number of piperidine rings is 1. The Morgan fingerprint density at radius 1 is 1.02 bits per heavy atom. The summed E-state index contributed by atoms with van der Waals surface area (Å²) >= 11 is 6.16. The molecule has 5 aliphatic rings. The molecule has 0 aromatic heterocycles. The van der Waals surface area contributed by atoms with Gasteiger partial charge in [-0.2, -0.15) is 0 Å². The van der Waals surface area contributed by atoms with Crippen LogP contribution in [0.15, 0.2) is 0 Å². The number of ether oxygens (including phenoxy) is 1. The molecule has 5 rings (SSSR count). The molecule has 4 unspecified atom stereocenters. The van der Waals surface area contributed by atoms with Crippen molar-refractivity contribution in [1.29, 1.82) is 0 Å². The summed E-state index contributed by atoms with van der Waals surface area (Å²) in [5.74, 6) is 0.422. The zero-order valence-corrected chi connectivity index (χ0v) is 26.8. The maximum atomic E-state index is 15.2. The predicted octanol–water partition coefficient (Wildman–Crippen LogP) is 0.228. The third-order valence-electron chi connectivity index (χ3n) is 11.1. The molecule has 0 aromatic rings. The van der Waals surface area contributed by atoms with Crippen LogP contribution in [-0.4, -0.2) is 154 Å². The number of likely N-dealkylation sites (tertiary alicyclic amines) is 3. The van der Waals surface area contributed by atoms with E-state index in [0.29, 0.717) is 38.5 Å². The fourth-order valence-electron chi connectivity index (χ4n) is 7.98. The first-order valence-corrected chi connectivity index (χ1v) is 17.4. The number of hydrogen-bond acceptors (Lipinski definition) is 10. The van der Waals surface area contributed by atoms with Gasteiger partial charge >= 0.3 is 0 Å². The highest BCUT2D eigenvalue weighted by Gasteiger charge is 2.51. The number of carbonyl (C=O) groups excluding carboxylic acids is 1. The second-order valence-corrected chi connectivity index (χ2v) is 14.6. The van der Waals surface area contributed by atoms with Crippen molar-refractivity contribution in [1.82, 2.24) is 25.3 Å². The van der Waals surface area contributed by atoms with Crippen molar-refractivity contribution in [2.45, 2.75) is 112 Å². The number of aliphatic hydroxyl groups excluding tert-OH is 4. The standard InChI is InChI=1S/C31H55ClFN5O6/c32-23-16-34-30(35-17-23)36-9-5-21(6-10-36)2-1-13-44-24-4-3-22(25(33)15-24)14-28(42)37-11-7-31(20-37)8-12-38(31)18-26(40)29(43)27(41)19-39/h21-27,29-30,34-35,39-41,43H,1-20H2/t22?,23?,24?,25?,26-,27+,29-,30?,31?/m0/s1. The van der Waals surface area contributed by atoms with E-state index in [1.165, 1.54) is 12.8 Å². The summed E-state index contributed by atoms with van der Waals surface area (Å²) < 4.78 is 21.3. The van der Waals surface area contributed by atoms with Crippen molar-refractivity contribution in [3.63, 3.8) is 0 Å². The quantitative estimate of drug-likeness (QED) is 0.122. The minimum atomic E-state index is -1.43. The molecule has 0 radical (unpaired) electrons. The molecule has 1 amide bonds. The first-order chi connectivity index (χ1) is 21.2. The Bertz CT molecular complexity index is 913. The van der Waals surface area contributed by atoms with Gasteiger partial charge in [-0.15, -0.1) is 11.6 Å². The first kappa shape index (κ1) is 34.7. The third kappa shape index (κ3) is 8.62. The van der Waals surface area contributed by atoms with E-state index in [1.807, 2.05) is 4.90 Å². The molecule has 5 fully saturated rings. The molecule has 0 bridgehead atoms. The van der Waals surface area contributed by atoms with Crippen LogP contribution in [0.5, 0.6) is 0 Å². The topological polar surface area (TPSA) is 141 Å². The van der Waals surface area contributed by atoms with E-state index in [9.17, 15) is 20.1 Å². The Morgan fingerprint density at radius 2 is 1.75 bits per heavy atom. The summed E-state index contributed by atoms with van der Waals surface area (Å²) in [5.41, 5.74) is -0.240. The minimum Gasteiger partial charge on any atom is -0.394 e. The Morgan fingerprint density at radius 3 is 2.41 bits per heavy atom. The normalized spacial score (nSPS) is 36.3. The summed E-state index contributed by atoms with van der Waals surface area (Å²) in [6, 6.07) is 0. The van der Waals surface area contributed by atoms with E-state index in [1.54, 1.807) is 0 Å². The molecule has 44 heavy (non-hydrogen) atoms. The average Bonchev–Trinajstić information content (AvgIpc) is 3.51. The Labute approximate surface area is 266 Å². The highest BCUT2D eigenvalue weighted by Crippen LogP contribution is 2.40. The molecule has 1 spiro atoms.